The predicted molar refractivity (Wildman–Crippen MR) is 72.9 cm³/mol. The molecule has 0 bridgehead atoms. The molecule has 1 N–H and O–H groups in total. The average Bonchev–Trinajstić information content (AvgIpc) is 2.90. The van der Waals surface area contributed by atoms with Crippen LogP contribution < -0.4 is 4.74 Å². The van der Waals surface area contributed by atoms with Crippen molar-refractivity contribution in [3.8, 4) is 5.75 Å². The summed E-state index contributed by atoms with van der Waals surface area (Å²) in [4.78, 5) is 10.6. The Labute approximate surface area is 116 Å². The standard InChI is InChI=1S/C15H15ClO3/c16-10-7-9(3-1-6-14(17)18)15-12(8-10)11-4-2-5-13(11)19-15/h2,4,7-8,11,13H,1,3,5-6H2,(H,17,18)/t11-,13-/m1/s1. The Bertz CT molecular complexity index is 551. The van der Waals surface area contributed by atoms with Crippen LogP contribution in [0.5, 0.6) is 5.75 Å². The van der Waals surface area contributed by atoms with Gasteiger partial charge in [0.15, 0.2) is 0 Å². The third-order valence-corrected chi connectivity index (χ3v) is 3.96. The number of carboxylic acid groups (broad SMARTS) is 1. The van der Waals surface area contributed by atoms with Gasteiger partial charge >= 0.3 is 5.97 Å². The second kappa shape index (κ2) is 4.89. The number of hydrogen-bond acceptors (Lipinski definition) is 2. The van der Waals surface area contributed by atoms with Crippen LogP contribution in [0.2, 0.25) is 5.02 Å². The summed E-state index contributed by atoms with van der Waals surface area (Å²) in [5.41, 5.74) is 2.18. The smallest absolute Gasteiger partial charge is 0.303 e. The molecule has 1 aliphatic heterocycles. The van der Waals surface area contributed by atoms with E-state index in [4.69, 9.17) is 21.4 Å². The van der Waals surface area contributed by atoms with Crippen LogP contribution in [-0.4, -0.2) is 17.2 Å². The first-order chi connectivity index (χ1) is 9.15. The van der Waals surface area contributed by atoms with Crippen molar-refractivity contribution < 1.29 is 14.6 Å². The number of hydrogen-bond donors (Lipinski definition) is 1. The number of aliphatic carboxylic acids is 1. The van der Waals surface area contributed by atoms with E-state index in [1.807, 2.05) is 12.1 Å². The Morgan fingerprint density at radius 2 is 2.32 bits per heavy atom. The molecule has 0 radical (unpaired) electrons. The minimum atomic E-state index is -0.764. The van der Waals surface area contributed by atoms with E-state index in [9.17, 15) is 4.79 Å². The fourth-order valence-electron chi connectivity index (χ4n) is 2.89. The van der Waals surface area contributed by atoms with Crippen molar-refractivity contribution >= 4 is 17.6 Å². The monoisotopic (exact) mass is 278 g/mol. The first-order valence-electron chi connectivity index (χ1n) is 6.52. The molecule has 0 fully saturated rings. The highest BCUT2D eigenvalue weighted by Gasteiger charge is 2.36. The number of ether oxygens (including phenoxy) is 1. The number of halogens is 1. The highest BCUT2D eigenvalue weighted by molar-refractivity contribution is 6.30. The Morgan fingerprint density at radius 3 is 3.11 bits per heavy atom. The highest BCUT2D eigenvalue weighted by atomic mass is 35.5. The number of carbonyl (C=O) groups is 1. The van der Waals surface area contributed by atoms with Crippen LogP contribution in [-0.2, 0) is 11.2 Å². The van der Waals surface area contributed by atoms with Crippen molar-refractivity contribution in [1.82, 2.24) is 0 Å². The summed E-state index contributed by atoms with van der Waals surface area (Å²) in [6.07, 6.45) is 6.93. The third kappa shape index (κ3) is 2.35. The first kappa shape index (κ1) is 12.5. The SMILES string of the molecule is O=C(O)CCCc1cc(Cl)cc2c1O[C@@H]1CC=C[C@H]21. The number of fused-ring (bicyclic) bond motifs is 3. The van der Waals surface area contributed by atoms with Gasteiger partial charge in [-0.25, -0.2) is 0 Å². The van der Waals surface area contributed by atoms with Crippen molar-refractivity contribution in [2.75, 3.05) is 0 Å². The van der Waals surface area contributed by atoms with E-state index in [-0.39, 0.29) is 12.5 Å². The van der Waals surface area contributed by atoms with Crippen LogP contribution in [0.4, 0.5) is 0 Å². The quantitative estimate of drug-likeness (QED) is 0.857. The van der Waals surface area contributed by atoms with E-state index in [2.05, 4.69) is 12.2 Å². The van der Waals surface area contributed by atoms with Gasteiger partial charge in [-0.3, -0.25) is 4.79 Å². The number of benzene rings is 1. The molecule has 2 atom stereocenters. The molecule has 1 aromatic rings. The van der Waals surface area contributed by atoms with Crippen LogP contribution in [0.1, 0.15) is 36.3 Å². The molecule has 2 aliphatic rings. The molecule has 1 heterocycles. The molecule has 3 nitrogen and oxygen atoms in total. The van der Waals surface area contributed by atoms with Crippen molar-refractivity contribution in [1.29, 1.82) is 0 Å². The highest BCUT2D eigenvalue weighted by Crippen LogP contribution is 2.46. The molecule has 3 rings (SSSR count). The van der Waals surface area contributed by atoms with Gasteiger partial charge in [0.25, 0.3) is 0 Å². The number of carboxylic acids is 1. The molecule has 100 valence electrons. The first-order valence-corrected chi connectivity index (χ1v) is 6.90. The molecular formula is C15H15ClO3. The van der Waals surface area contributed by atoms with E-state index >= 15 is 0 Å². The maximum atomic E-state index is 10.6. The van der Waals surface area contributed by atoms with Gasteiger partial charge in [-0.1, -0.05) is 23.8 Å². The van der Waals surface area contributed by atoms with Gasteiger partial charge in [0.1, 0.15) is 11.9 Å². The third-order valence-electron chi connectivity index (χ3n) is 3.74. The Balaban J connectivity index is 1.85. The van der Waals surface area contributed by atoms with E-state index < -0.39 is 5.97 Å². The largest absolute Gasteiger partial charge is 0.489 e. The second-order valence-electron chi connectivity index (χ2n) is 5.08. The van der Waals surface area contributed by atoms with Crippen molar-refractivity contribution in [2.24, 2.45) is 0 Å². The summed E-state index contributed by atoms with van der Waals surface area (Å²) in [6.45, 7) is 0. The molecule has 19 heavy (non-hydrogen) atoms. The molecule has 0 saturated carbocycles. The molecule has 0 spiro atoms. The molecule has 1 aliphatic carbocycles. The molecular weight excluding hydrogens is 264 g/mol. The lowest BCUT2D eigenvalue weighted by Crippen LogP contribution is -2.11. The zero-order valence-electron chi connectivity index (χ0n) is 10.4. The van der Waals surface area contributed by atoms with Crippen LogP contribution in [0.15, 0.2) is 24.3 Å². The maximum Gasteiger partial charge on any atom is 0.303 e. The van der Waals surface area contributed by atoms with Gasteiger partial charge in [-0.2, -0.15) is 0 Å². The van der Waals surface area contributed by atoms with Gasteiger partial charge in [0, 0.05) is 29.3 Å². The summed E-state index contributed by atoms with van der Waals surface area (Å²) >= 11 is 6.16. The molecule has 1 aromatic carbocycles. The number of aryl methyl sites for hydroxylation is 1. The lowest BCUT2D eigenvalue weighted by Gasteiger charge is -2.10. The molecule has 4 heteroatoms. The topological polar surface area (TPSA) is 46.5 Å². The second-order valence-corrected chi connectivity index (χ2v) is 5.51. The minimum Gasteiger partial charge on any atom is -0.489 e. The summed E-state index contributed by atoms with van der Waals surface area (Å²) in [6, 6.07) is 3.87. The van der Waals surface area contributed by atoms with Gasteiger partial charge in [0.05, 0.1) is 0 Å². The van der Waals surface area contributed by atoms with Gasteiger partial charge in [0.2, 0.25) is 0 Å². The van der Waals surface area contributed by atoms with E-state index in [1.165, 1.54) is 0 Å². The molecule has 0 unspecified atom stereocenters. The Kier molecular flexibility index (Phi) is 3.23. The summed E-state index contributed by atoms with van der Waals surface area (Å²) in [5.74, 6) is 0.473. The van der Waals surface area contributed by atoms with Gasteiger partial charge in [-0.05, 0) is 30.5 Å². The van der Waals surface area contributed by atoms with Crippen molar-refractivity contribution in [3.05, 3.63) is 40.4 Å². The minimum absolute atomic E-state index is 0.175. The summed E-state index contributed by atoms with van der Waals surface area (Å²) < 4.78 is 6.01. The zero-order chi connectivity index (χ0) is 13.4. The van der Waals surface area contributed by atoms with Crippen LogP contribution in [0.25, 0.3) is 0 Å². The van der Waals surface area contributed by atoms with Crippen molar-refractivity contribution in [3.63, 3.8) is 0 Å². The zero-order valence-corrected chi connectivity index (χ0v) is 11.2. The molecule has 0 amide bonds. The lowest BCUT2D eigenvalue weighted by molar-refractivity contribution is -0.137. The van der Waals surface area contributed by atoms with Gasteiger partial charge in [-0.15, -0.1) is 0 Å². The van der Waals surface area contributed by atoms with Gasteiger partial charge < -0.3 is 9.84 Å². The normalized spacial score (nSPS) is 23.0. The van der Waals surface area contributed by atoms with Crippen molar-refractivity contribution in [2.45, 2.75) is 37.7 Å². The van der Waals surface area contributed by atoms with E-state index in [1.54, 1.807) is 0 Å². The number of rotatable bonds is 4. The molecule has 0 saturated heterocycles. The van der Waals surface area contributed by atoms with Crippen LogP contribution in [0.3, 0.4) is 0 Å². The molecule has 0 aromatic heterocycles. The van der Waals surface area contributed by atoms with Crippen LogP contribution in [0, 0.1) is 0 Å². The van der Waals surface area contributed by atoms with E-state index in [0.29, 0.717) is 23.8 Å². The van der Waals surface area contributed by atoms with Crippen LogP contribution >= 0.6 is 11.6 Å². The average molecular weight is 279 g/mol. The predicted octanol–water partition coefficient (Wildman–Crippen LogP) is 3.55. The Hall–Kier alpha value is -1.48. The summed E-state index contributed by atoms with van der Waals surface area (Å²) in [7, 11) is 0. The maximum absolute atomic E-state index is 10.6. The summed E-state index contributed by atoms with van der Waals surface area (Å²) in [5, 5.41) is 9.41. The Morgan fingerprint density at radius 1 is 1.47 bits per heavy atom. The lowest BCUT2D eigenvalue weighted by atomic mass is 9.95. The fraction of sp³-hybridized carbons (Fsp3) is 0.400. The van der Waals surface area contributed by atoms with E-state index in [0.717, 1.165) is 23.3 Å². The fourth-order valence-corrected chi connectivity index (χ4v) is 3.14.